The highest BCUT2D eigenvalue weighted by atomic mass is 127. The molecule has 0 aliphatic heterocycles. The lowest BCUT2D eigenvalue weighted by Crippen LogP contribution is -2.01. The van der Waals surface area contributed by atoms with Crippen LogP contribution in [0.15, 0.2) is 46.9 Å². The zero-order valence-corrected chi connectivity index (χ0v) is 15.6. The van der Waals surface area contributed by atoms with Crippen LogP contribution in [-0.4, -0.2) is 20.2 Å². The summed E-state index contributed by atoms with van der Waals surface area (Å²) in [5.74, 6) is 1.43. The predicted octanol–water partition coefficient (Wildman–Crippen LogP) is 4.82. The standard InChI is InChI=1S/C19H17IO4/c1-22-15-6-4-13(5-7-15)17-11-14-9-12(3-8-18(21)23-2)10-16(20)19(14)24-17/h4-7,9-11H,3,8H2,1-2H3. The lowest BCUT2D eigenvalue weighted by atomic mass is 10.1. The summed E-state index contributed by atoms with van der Waals surface area (Å²) in [5, 5.41) is 1.03. The van der Waals surface area contributed by atoms with E-state index in [0.717, 1.165) is 37.2 Å². The van der Waals surface area contributed by atoms with E-state index in [1.165, 1.54) is 7.11 Å². The van der Waals surface area contributed by atoms with Gasteiger partial charge in [0.05, 0.1) is 17.8 Å². The number of methoxy groups -OCH3 is 2. The Bertz CT molecular complexity index is 865. The van der Waals surface area contributed by atoms with Crippen LogP contribution in [0.5, 0.6) is 5.75 Å². The van der Waals surface area contributed by atoms with Crippen molar-refractivity contribution in [3.05, 3.63) is 51.6 Å². The highest BCUT2D eigenvalue weighted by Crippen LogP contribution is 2.32. The monoisotopic (exact) mass is 436 g/mol. The normalized spacial score (nSPS) is 10.8. The number of hydrogen-bond acceptors (Lipinski definition) is 4. The molecule has 5 heteroatoms. The zero-order chi connectivity index (χ0) is 17.1. The molecule has 0 unspecified atom stereocenters. The third-order valence-corrected chi connectivity index (χ3v) is 4.65. The van der Waals surface area contributed by atoms with Crippen LogP contribution in [0.1, 0.15) is 12.0 Å². The van der Waals surface area contributed by atoms with Gasteiger partial charge in [0.1, 0.15) is 17.1 Å². The molecule has 0 fully saturated rings. The number of ether oxygens (including phenoxy) is 2. The van der Waals surface area contributed by atoms with Crippen molar-refractivity contribution in [1.82, 2.24) is 0 Å². The molecule has 0 bridgehead atoms. The fourth-order valence-electron chi connectivity index (χ4n) is 2.56. The average Bonchev–Trinajstić information content (AvgIpc) is 3.04. The Morgan fingerprint density at radius 2 is 1.88 bits per heavy atom. The number of benzene rings is 2. The number of esters is 1. The van der Waals surface area contributed by atoms with Crippen LogP contribution in [0, 0.1) is 3.57 Å². The second-order valence-corrected chi connectivity index (χ2v) is 6.57. The predicted molar refractivity (Wildman–Crippen MR) is 101 cm³/mol. The molecule has 4 nitrogen and oxygen atoms in total. The molecule has 0 spiro atoms. The zero-order valence-electron chi connectivity index (χ0n) is 13.5. The average molecular weight is 436 g/mol. The van der Waals surface area contributed by atoms with Crippen LogP contribution in [0.2, 0.25) is 0 Å². The lowest BCUT2D eigenvalue weighted by molar-refractivity contribution is -0.140. The summed E-state index contributed by atoms with van der Waals surface area (Å²) in [6, 6.07) is 13.9. The highest BCUT2D eigenvalue weighted by molar-refractivity contribution is 14.1. The minimum Gasteiger partial charge on any atom is -0.497 e. The van der Waals surface area contributed by atoms with Crippen LogP contribution in [-0.2, 0) is 16.0 Å². The van der Waals surface area contributed by atoms with Crippen LogP contribution >= 0.6 is 22.6 Å². The third kappa shape index (κ3) is 3.56. The van der Waals surface area contributed by atoms with Gasteiger partial charge in [0.2, 0.25) is 0 Å². The van der Waals surface area contributed by atoms with Gasteiger partial charge in [-0.1, -0.05) is 0 Å². The van der Waals surface area contributed by atoms with Gasteiger partial charge in [-0.2, -0.15) is 0 Å². The number of rotatable bonds is 5. The summed E-state index contributed by atoms with van der Waals surface area (Å²) in [5.41, 5.74) is 2.96. The molecule has 1 heterocycles. The number of hydrogen-bond donors (Lipinski definition) is 0. The Kier molecular flexibility index (Phi) is 5.08. The van der Waals surface area contributed by atoms with Crippen LogP contribution in [0.4, 0.5) is 0 Å². The molecule has 0 aliphatic rings. The van der Waals surface area contributed by atoms with Crippen molar-refractivity contribution in [2.24, 2.45) is 0 Å². The maximum atomic E-state index is 11.3. The smallest absolute Gasteiger partial charge is 0.305 e. The van der Waals surface area contributed by atoms with Gasteiger partial charge in [-0.05, 0) is 77.0 Å². The molecular weight excluding hydrogens is 419 g/mol. The first-order valence-corrected chi connectivity index (χ1v) is 8.62. The van der Waals surface area contributed by atoms with Gasteiger partial charge < -0.3 is 13.9 Å². The van der Waals surface area contributed by atoms with E-state index in [0.29, 0.717) is 12.8 Å². The summed E-state index contributed by atoms with van der Waals surface area (Å²) >= 11 is 2.26. The molecule has 24 heavy (non-hydrogen) atoms. The Morgan fingerprint density at radius 1 is 1.12 bits per heavy atom. The van der Waals surface area contributed by atoms with E-state index < -0.39 is 0 Å². The Hall–Kier alpha value is -2.02. The van der Waals surface area contributed by atoms with E-state index in [2.05, 4.69) is 28.7 Å². The van der Waals surface area contributed by atoms with Gasteiger partial charge in [0.15, 0.2) is 0 Å². The molecule has 3 rings (SSSR count). The maximum absolute atomic E-state index is 11.3. The number of halogens is 1. The maximum Gasteiger partial charge on any atom is 0.305 e. The van der Waals surface area contributed by atoms with Gasteiger partial charge in [-0.25, -0.2) is 0 Å². The van der Waals surface area contributed by atoms with Gasteiger partial charge >= 0.3 is 5.97 Å². The third-order valence-electron chi connectivity index (χ3n) is 3.85. The molecule has 2 aromatic carbocycles. The molecule has 1 aromatic heterocycles. The summed E-state index contributed by atoms with van der Waals surface area (Å²) in [7, 11) is 3.06. The highest BCUT2D eigenvalue weighted by Gasteiger charge is 2.11. The van der Waals surface area contributed by atoms with Crippen LogP contribution in [0.25, 0.3) is 22.3 Å². The van der Waals surface area contributed by atoms with Crippen LogP contribution in [0.3, 0.4) is 0 Å². The van der Waals surface area contributed by atoms with E-state index in [1.54, 1.807) is 7.11 Å². The summed E-state index contributed by atoms with van der Waals surface area (Å²) in [4.78, 5) is 11.3. The van der Waals surface area contributed by atoms with E-state index >= 15 is 0 Å². The largest absolute Gasteiger partial charge is 0.497 e. The summed E-state index contributed by atoms with van der Waals surface area (Å²) in [6.45, 7) is 0. The van der Waals surface area contributed by atoms with Crippen molar-refractivity contribution >= 4 is 39.5 Å². The molecule has 0 N–H and O–H groups in total. The van der Waals surface area contributed by atoms with E-state index in [9.17, 15) is 4.79 Å². The number of carbonyl (C=O) groups excluding carboxylic acids is 1. The van der Waals surface area contributed by atoms with E-state index in [-0.39, 0.29) is 5.97 Å². The number of fused-ring (bicyclic) bond motifs is 1. The minimum absolute atomic E-state index is 0.198. The summed E-state index contributed by atoms with van der Waals surface area (Å²) < 4.78 is 16.9. The van der Waals surface area contributed by atoms with Gasteiger partial charge in [-0.3, -0.25) is 4.79 Å². The summed E-state index contributed by atoms with van der Waals surface area (Å²) in [6.07, 6.45) is 1.03. The lowest BCUT2D eigenvalue weighted by Gasteiger charge is -2.02. The van der Waals surface area contributed by atoms with E-state index in [1.807, 2.05) is 36.4 Å². The molecule has 0 aliphatic carbocycles. The van der Waals surface area contributed by atoms with Gasteiger partial charge in [0.25, 0.3) is 0 Å². The quantitative estimate of drug-likeness (QED) is 0.425. The molecule has 0 saturated carbocycles. The second kappa shape index (κ2) is 7.25. The van der Waals surface area contributed by atoms with Crippen molar-refractivity contribution < 1.29 is 18.7 Å². The Balaban J connectivity index is 1.92. The van der Waals surface area contributed by atoms with Crippen molar-refractivity contribution in [3.8, 4) is 17.1 Å². The molecular formula is C19H17IO4. The molecule has 0 saturated heterocycles. The van der Waals surface area contributed by atoms with Crippen molar-refractivity contribution in [3.63, 3.8) is 0 Å². The first kappa shape index (κ1) is 16.8. The van der Waals surface area contributed by atoms with Gasteiger partial charge in [0, 0.05) is 17.4 Å². The number of carbonyl (C=O) groups is 1. The van der Waals surface area contributed by atoms with Crippen molar-refractivity contribution in [1.29, 1.82) is 0 Å². The Labute approximate surface area is 153 Å². The Morgan fingerprint density at radius 3 is 2.54 bits per heavy atom. The topological polar surface area (TPSA) is 48.7 Å². The van der Waals surface area contributed by atoms with Crippen molar-refractivity contribution in [2.45, 2.75) is 12.8 Å². The SMILES string of the molecule is COC(=O)CCc1cc(I)c2oc(-c3ccc(OC)cc3)cc2c1. The van der Waals surface area contributed by atoms with Crippen molar-refractivity contribution in [2.75, 3.05) is 14.2 Å². The molecule has 0 amide bonds. The minimum atomic E-state index is -0.198. The molecule has 0 atom stereocenters. The fraction of sp³-hybridized carbons (Fsp3) is 0.211. The second-order valence-electron chi connectivity index (χ2n) is 5.41. The molecule has 0 radical (unpaired) electrons. The first-order chi connectivity index (χ1) is 11.6. The number of furan rings is 1. The van der Waals surface area contributed by atoms with Crippen LogP contribution < -0.4 is 4.74 Å². The number of aryl methyl sites for hydroxylation is 1. The molecule has 124 valence electrons. The van der Waals surface area contributed by atoms with E-state index in [4.69, 9.17) is 13.9 Å². The molecule has 3 aromatic rings. The van der Waals surface area contributed by atoms with Gasteiger partial charge in [-0.15, -0.1) is 0 Å². The first-order valence-electron chi connectivity index (χ1n) is 7.54. The fourth-order valence-corrected chi connectivity index (χ4v) is 3.38.